The Morgan fingerprint density at radius 2 is 1.86 bits per heavy atom. The van der Waals surface area contributed by atoms with Crippen LogP contribution in [-0.2, 0) is 11.8 Å². The van der Waals surface area contributed by atoms with Crippen LogP contribution in [0.2, 0.25) is 0 Å². The predicted octanol–water partition coefficient (Wildman–Crippen LogP) is 2.95. The van der Waals surface area contributed by atoms with E-state index in [9.17, 15) is 0 Å². The molecule has 112 valence electrons. The molecule has 21 heavy (non-hydrogen) atoms. The minimum absolute atomic E-state index is 0.00300. The van der Waals surface area contributed by atoms with E-state index in [0.29, 0.717) is 6.54 Å². The molecule has 1 fully saturated rings. The van der Waals surface area contributed by atoms with E-state index in [1.807, 2.05) is 0 Å². The Morgan fingerprint density at radius 3 is 2.57 bits per heavy atom. The second-order valence-electron chi connectivity index (χ2n) is 6.01. The van der Waals surface area contributed by atoms with E-state index in [1.165, 1.54) is 24.8 Å². The highest BCUT2D eigenvalue weighted by atomic mass is 15.2. The summed E-state index contributed by atoms with van der Waals surface area (Å²) in [4.78, 5) is 4.80. The van der Waals surface area contributed by atoms with Crippen LogP contribution < -0.4 is 5.73 Å². The van der Waals surface area contributed by atoms with Crippen molar-refractivity contribution in [2.75, 3.05) is 6.54 Å². The molecule has 3 rings (SSSR count). The molecular formula is C17H24N4. The number of nitrogens with zero attached hydrogens (tertiary/aromatic N) is 2. The molecule has 0 radical (unpaired) electrons. The molecule has 4 heteroatoms. The van der Waals surface area contributed by atoms with Gasteiger partial charge in [0.15, 0.2) is 5.82 Å². The smallest absolute Gasteiger partial charge is 0.161 e. The topological polar surface area (TPSA) is 67.6 Å². The van der Waals surface area contributed by atoms with Crippen molar-refractivity contribution in [1.29, 1.82) is 0 Å². The SMILES string of the molecule is NCCCc1nc(C2(c3ccccc3)CCCCC2)n[nH]1. The molecule has 3 N–H and O–H groups in total. The van der Waals surface area contributed by atoms with Crippen LogP contribution in [0.25, 0.3) is 0 Å². The van der Waals surface area contributed by atoms with Gasteiger partial charge in [0, 0.05) is 6.42 Å². The fourth-order valence-electron chi connectivity index (χ4n) is 3.44. The van der Waals surface area contributed by atoms with Crippen molar-refractivity contribution in [3.05, 3.63) is 47.5 Å². The second kappa shape index (κ2) is 6.39. The maximum atomic E-state index is 5.58. The predicted molar refractivity (Wildman–Crippen MR) is 84.1 cm³/mol. The van der Waals surface area contributed by atoms with Crippen molar-refractivity contribution < 1.29 is 0 Å². The van der Waals surface area contributed by atoms with Gasteiger partial charge in [0.2, 0.25) is 0 Å². The molecule has 0 aliphatic heterocycles. The number of rotatable bonds is 5. The molecule has 4 nitrogen and oxygen atoms in total. The number of aryl methyl sites for hydroxylation is 1. The van der Waals surface area contributed by atoms with E-state index in [4.69, 9.17) is 10.7 Å². The van der Waals surface area contributed by atoms with Crippen molar-refractivity contribution in [3.63, 3.8) is 0 Å². The number of benzene rings is 1. The first kappa shape index (κ1) is 14.3. The average molecular weight is 284 g/mol. The number of aromatic amines is 1. The lowest BCUT2D eigenvalue weighted by Crippen LogP contribution is -2.31. The zero-order valence-electron chi connectivity index (χ0n) is 12.5. The van der Waals surface area contributed by atoms with Crippen molar-refractivity contribution in [3.8, 4) is 0 Å². The van der Waals surface area contributed by atoms with E-state index >= 15 is 0 Å². The van der Waals surface area contributed by atoms with Gasteiger partial charge in [-0.2, -0.15) is 5.10 Å². The van der Waals surface area contributed by atoms with E-state index in [-0.39, 0.29) is 5.41 Å². The summed E-state index contributed by atoms with van der Waals surface area (Å²) < 4.78 is 0. The molecule has 1 aromatic carbocycles. The van der Waals surface area contributed by atoms with Crippen LogP contribution in [0.1, 0.15) is 55.7 Å². The van der Waals surface area contributed by atoms with Crippen LogP contribution in [0.3, 0.4) is 0 Å². The third kappa shape index (κ3) is 2.86. The van der Waals surface area contributed by atoms with Gasteiger partial charge in [0.1, 0.15) is 5.82 Å². The first-order valence-electron chi connectivity index (χ1n) is 8.02. The van der Waals surface area contributed by atoms with Crippen molar-refractivity contribution in [2.24, 2.45) is 5.73 Å². The summed E-state index contributed by atoms with van der Waals surface area (Å²) in [5, 5.41) is 7.68. The van der Waals surface area contributed by atoms with Crippen molar-refractivity contribution >= 4 is 0 Å². The lowest BCUT2D eigenvalue weighted by molar-refractivity contribution is 0.331. The number of aromatic nitrogens is 3. The number of hydrogen-bond acceptors (Lipinski definition) is 3. The Hall–Kier alpha value is -1.68. The lowest BCUT2D eigenvalue weighted by atomic mass is 9.69. The van der Waals surface area contributed by atoms with E-state index in [1.54, 1.807) is 0 Å². The first-order chi connectivity index (χ1) is 10.3. The highest BCUT2D eigenvalue weighted by molar-refractivity contribution is 5.33. The Labute approximate surface area is 126 Å². The Bertz CT molecular complexity index is 555. The van der Waals surface area contributed by atoms with Gasteiger partial charge < -0.3 is 5.73 Å². The average Bonchev–Trinajstić information content (AvgIpc) is 3.04. The van der Waals surface area contributed by atoms with E-state index < -0.39 is 0 Å². The van der Waals surface area contributed by atoms with Gasteiger partial charge in [-0.15, -0.1) is 0 Å². The van der Waals surface area contributed by atoms with Gasteiger partial charge in [-0.25, -0.2) is 4.98 Å². The van der Waals surface area contributed by atoms with Crippen molar-refractivity contribution in [2.45, 2.75) is 50.4 Å². The van der Waals surface area contributed by atoms with Crippen molar-refractivity contribution in [1.82, 2.24) is 15.2 Å². The summed E-state index contributed by atoms with van der Waals surface area (Å²) in [7, 11) is 0. The quantitative estimate of drug-likeness (QED) is 0.887. The van der Waals surface area contributed by atoms with Gasteiger partial charge >= 0.3 is 0 Å². The molecular weight excluding hydrogens is 260 g/mol. The molecule has 1 aliphatic rings. The van der Waals surface area contributed by atoms with Gasteiger partial charge in [-0.3, -0.25) is 5.10 Å². The molecule has 0 atom stereocenters. The van der Waals surface area contributed by atoms with Gasteiger partial charge in [0.25, 0.3) is 0 Å². The Balaban J connectivity index is 1.94. The Kier molecular flexibility index (Phi) is 4.34. The van der Waals surface area contributed by atoms with E-state index in [0.717, 1.165) is 37.3 Å². The zero-order chi connectivity index (χ0) is 14.5. The molecule has 1 saturated carbocycles. The lowest BCUT2D eigenvalue weighted by Gasteiger charge is -2.35. The maximum absolute atomic E-state index is 5.58. The molecule has 0 spiro atoms. The summed E-state index contributed by atoms with van der Waals surface area (Å²) in [5.74, 6) is 1.94. The molecule has 1 heterocycles. The molecule has 1 aromatic heterocycles. The highest BCUT2D eigenvalue weighted by Crippen LogP contribution is 2.43. The molecule has 0 bridgehead atoms. The zero-order valence-corrected chi connectivity index (χ0v) is 12.5. The Morgan fingerprint density at radius 1 is 1.10 bits per heavy atom. The second-order valence-corrected chi connectivity index (χ2v) is 6.01. The third-order valence-corrected chi connectivity index (χ3v) is 4.61. The molecule has 0 unspecified atom stereocenters. The monoisotopic (exact) mass is 284 g/mol. The molecule has 2 aromatic rings. The summed E-state index contributed by atoms with van der Waals surface area (Å²) in [5.41, 5.74) is 6.93. The summed E-state index contributed by atoms with van der Waals surface area (Å²) in [6.07, 6.45) is 7.94. The number of hydrogen-bond donors (Lipinski definition) is 2. The van der Waals surface area contributed by atoms with Crippen LogP contribution in [0, 0.1) is 0 Å². The minimum Gasteiger partial charge on any atom is -0.330 e. The number of nitrogens with one attached hydrogen (secondary N) is 1. The molecule has 0 amide bonds. The van der Waals surface area contributed by atoms with Crippen LogP contribution in [0.4, 0.5) is 0 Å². The fraction of sp³-hybridized carbons (Fsp3) is 0.529. The molecule has 1 aliphatic carbocycles. The maximum Gasteiger partial charge on any atom is 0.161 e. The standard InChI is InChI=1S/C17H24N4/c18-13-7-10-15-19-16(21-20-15)17(11-5-2-6-12-17)14-8-3-1-4-9-14/h1,3-4,8-9H,2,5-7,10-13,18H2,(H,19,20,21). The van der Waals surface area contributed by atoms with Crippen LogP contribution in [-0.4, -0.2) is 21.7 Å². The minimum atomic E-state index is -0.00300. The van der Waals surface area contributed by atoms with Crippen LogP contribution >= 0.6 is 0 Å². The summed E-state index contributed by atoms with van der Waals surface area (Å²) >= 11 is 0. The van der Waals surface area contributed by atoms with Gasteiger partial charge in [-0.05, 0) is 31.4 Å². The fourth-order valence-corrected chi connectivity index (χ4v) is 3.44. The summed E-state index contributed by atoms with van der Waals surface area (Å²) in [6.45, 7) is 0.694. The van der Waals surface area contributed by atoms with Crippen LogP contribution in [0.15, 0.2) is 30.3 Å². The number of H-pyrrole nitrogens is 1. The van der Waals surface area contributed by atoms with Crippen LogP contribution in [0.5, 0.6) is 0 Å². The van der Waals surface area contributed by atoms with E-state index in [2.05, 4.69) is 40.5 Å². The van der Waals surface area contributed by atoms with Gasteiger partial charge in [-0.1, -0.05) is 49.6 Å². The highest BCUT2D eigenvalue weighted by Gasteiger charge is 2.39. The van der Waals surface area contributed by atoms with Gasteiger partial charge in [0.05, 0.1) is 5.41 Å². The summed E-state index contributed by atoms with van der Waals surface area (Å²) in [6, 6.07) is 10.8. The number of nitrogens with two attached hydrogens (primary N) is 1. The largest absolute Gasteiger partial charge is 0.330 e. The first-order valence-corrected chi connectivity index (χ1v) is 8.02. The third-order valence-electron chi connectivity index (χ3n) is 4.61. The molecule has 0 saturated heterocycles. The normalized spacial score (nSPS) is 17.8.